The van der Waals surface area contributed by atoms with Crippen LogP contribution >= 0.6 is 11.8 Å². The van der Waals surface area contributed by atoms with Crippen LogP contribution in [-0.4, -0.2) is 14.8 Å². The molecule has 1 heterocycles. The summed E-state index contributed by atoms with van der Waals surface area (Å²) in [5.74, 6) is 2.22. The SMILES string of the molecule is Cc1cccc(-n2c(SCc3ccc(C)c(C)c3)nnc2C(C)C)c1. The molecule has 4 heteroatoms. The van der Waals surface area contributed by atoms with Gasteiger partial charge in [0.25, 0.3) is 0 Å². The topological polar surface area (TPSA) is 30.7 Å². The van der Waals surface area contributed by atoms with Crippen molar-refractivity contribution in [3.63, 3.8) is 0 Å². The third-order valence-electron chi connectivity index (χ3n) is 4.37. The molecule has 0 unspecified atom stereocenters. The lowest BCUT2D eigenvalue weighted by Gasteiger charge is -2.13. The highest BCUT2D eigenvalue weighted by Gasteiger charge is 2.17. The largest absolute Gasteiger partial charge is 0.274 e. The Labute approximate surface area is 154 Å². The highest BCUT2D eigenvalue weighted by Crippen LogP contribution is 2.28. The number of hydrogen-bond donors (Lipinski definition) is 0. The van der Waals surface area contributed by atoms with Crippen LogP contribution in [0.1, 0.15) is 47.8 Å². The fourth-order valence-corrected chi connectivity index (χ4v) is 3.70. The number of aryl methyl sites for hydroxylation is 3. The number of benzene rings is 2. The van der Waals surface area contributed by atoms with Gasteiger partial charge in [0.1, 0.15) is 5.82 Å². The van der Waals surface area contributed by atoms with Gasteiger partial charge in [-0.2, -0.15) is 0 Å². The molecule has 0 saturated carbocycles. The van der Waals surface area contributed by atoms with Crippen LogP contribution in [0.4, 0.5) is 0 Å². The summed E-state index contributed by atoms with van der Waals surface area (Å²) in [5, 5.41) is 9.88. The van der Waals surface area contributed by atoms with Crippen LogP contribution in [0.2, 0.25) is 0 Å². The smallest absolute Gasteiger partial charge is 0.196 e. The molecule has 0 N–H and O–H groups in total. The maximum Gasteiger partial charge on any atom is 0.196 e. The Bertz CT molecular complexity index is 881. The van der Waals surface area contributed by atoms with Crippen LogP contribution in [0.15, 0.2) is 47.6 Å². The zero-order chi connectivity index (χ0) is 18.0. The molecule has 0 spiro atoms. The quantitative estimate of drug-likeness (QED) is 0.560. The minimum absolute atomic E-state index is 0.323. The predicted octanol–water partition coefficient (Wildman–Crippen LogP) is 5.61. The van der Waals surface area contributed by atoms with Gasteiger partial charge in [-0.3, -0.25) is 4.57 Å². The van der Waals surface area contributed by atoms with Crippen molar-refractivity contribution >= 4 is 11.8 Å². The van der Waals surface area contributed by atoms with E-state index in [1.165, 1.54) is 22.3 Å². The Hall–Kier alpha value is -2.07. The number of thioether (sulfide) groups is 1. The van der Waals surface area contributed by atoms with E-state index in [-0.39, 0.29) is 0 Å². The van der Waals surface area contributed by atoms with E-state index in [1.807, 2.05) is 0 Å². The predicted molar refractivity (Wildman–Crippen MR) is 106 cm³/mol. The molecule has 0 amide bonds. The van der Waals surface area contributed by atoms with Crippen molar-refractivity contribution in [2.45, 2.75) is 51.4 Å². The lowest BCUT2D eigenvalue weighted by atomic mass is 10.1. The Morgan fingerprint density at radius 2 is 1.76 bits per heavy atom. The minimum atomic E-state index is 0.323. The minimum Gasteiger partial charge on any atom is -0.274 e. The van der Waals surface area contributed by atoms with E-state index in [0.29, 0.717) is 5.92 Å². The van der Waals surface area contributed by atoms with Gasteiger partial charge in [0.15, 0.2) is 5.16 Å². The first kappa shape index (κ1) is 17.7. The van der Waals surface area contributed by atoms with Gasteiger partial charge in [0.05, 0.1) is 0 Å². The van der Waals surface area contributed by atoms with Crippen LogP contribution in [0.3, 0.4) is 0 Å². The van der Waals surface area contributed by atoms with E-state index in [0.717, 1.165) is 22.4 Å². The van der Waals surface area contributed by atoms with Crippen LogP contribution < -0.4 is 0 Å². The second kappa shape index (κ2) is 7.44. The van der Waals surface area contributed by atoms with Crippen molar-refractivity contribution in [2.24, 2.45) is 0 Å². The van der Waals surface area contributed by atoms with Crippen molar-refractivity contribution in [2.75, 3.05) is 0 Å². The van der Waals surface area contributed by atoms with Crippen molar-refractivity contribution < 1.29 is 0 Å². The van der Waals surface area contributed by atoms with Crippen molar-refractivity contribution in [3.05, 3.63) is 70.5 Å². The molecule has 0 aliphatic carbocycles. The normalized spacial score (nSPS) is 11.3. The fraction of sp³-hybridized carbons (Fsp3) is 0.333. The zero-order valence-corrected chi connectivity index (χ0v) is 16.4. The average Bonchev–Trinajstić information content (AvgIpc) is 3.00. The highest BCUT2D eigenvalue weighted by atomic mass is 32.2. The van der Waals surface area contributed by atoms with E-state index >= 15 is 0 Å². The second-order valence-electron chi connectivity index (χ2n) is 6.88. The summed E-state index contributed by atoms with van der Waals surface area (Å²) in [5.41, 5.74) is 6.36. The molecule has 3 rings (SSSR count). The van der Waals surface area contributed by atoms with Crippen LogP contribution in [0.25, 0.3) is 5.69 Å². The van der Waals surface area contributed by atoms with Gasteiger partial charge < -0.3 is 0 Å². The molecular weight excluding hydrogens is 326 g/mol. The number of hydrogen-bond acceptors (Lipinski definition) is 3. The number of aromatic nitrogens is 3. The van der Waals surface area contributed by atoms with Crippen molar-refractivity contribution in [3.8, 4) is 5.69 Å². The molecular formula is C21H25N3S. The Morgan fingerprint density at radius 3 is 2.44 bits per heavy atom. The molecule has 130 valence electrons. The first-order valence-corrected chi connectivity index (χ1v) is 9.65. The summed E-state index contributed by atoms with van der Waals surface area (Å²) in [6.07, 6.45) is 0. The summed E-state index contributed by atoms with van der Waals surface area (Å²) in [4.78, 5) is 0. The Morgan fingerprint density at radius 1 is 0.960 bits per heavy atom. The second-order valence-corrected chi connectivity index (χ2v) is 7.82. The summed E-state index contributed by atoms with van der Waals surface area (Å²) in [7, 11) is 0. The van der Waals surface area contributed by atoms with E-state index in [9.17, 15) is 0 Å². The lowest BCUT2D eigenvalue weighted by Crippen LogP contribution is -2.04. The lowest BCUT2D eigenvalue weighted by molar-refractivity contribution is 0.732. The molecule has 25 heavy (non-hydrogen) atoms. The maximum absolute atomic E-state index is 4.47. The summed E-state index contributed by atoms with van der Waals surface area (Å²) < 4.78 is 2.20. The van der Waals surface area contributed by atoms with E-state index in [2.05, 4.69) is 91.8 Å². The first-order chi connectivity index (χ1) is 12.0. The molecule has 2 aromatic carbocycles. The fourth-order valence-electron chi connectivity index (χ4n) is 2.80. The Kier molecular flexibility index (Phi) is 5.28. The first-order valence-electron chi connectivity index (χ1n) is 8.67. The standard InChI is InChI=1S/C21H25N3S/c1-14(2)20-22-23-21(24(20)19-8-6-7-15(3)11-19)25-13-18-10-9-16(4)17(5)12-18/h6-12,14H,13H2,1-5H3. The molecule has 0 aliphatic rings. The number of nitrogens with zero attached hydrogens (tertiary/aromatic N) is 3. The third kappa shape index (κ3) is 3.96. The van der Waals surface area contributed by atoms with Crippen LogP contribution in [-0.2, 0) is 5.75 Å². The van der Waals surface area contributed by atoms with Crippen molar-refractivity contribution in [1.29, 1.82) is 0 Å². The maximum atomic E-state index is 4.47. The van der Waals surface area contributed by atoms with Crippen LogP contribution in [0.5, 0.6) is 0 Å². The summed E-state index contributed by atoms with van der Waals surface area (Å²) >= 11 is 1.74. The molecule has 0 radical (unpaired) electrons. The van der Waals surface area contributed by atoms with E-state index in [4.69, 9.17) is 0 Å². The molecule has 0 atom stereocenters. The molecule has 1 aromatic heterocycles. The molecule has 0 bridgehead atoms. The summed E-state index contributed by atoms with van der Waals surface area (Å²) in [6, 6.07) is 15.2. The molecule has 0 aliphatic heterocycles. The van der Waals surface area contributed by atoms with Gasteiger partial charge in [0.2, 0.25) is 0 Å². The zero-order valence-electron chi connectivity index (χ0n) is 15.6. The van der Waals surface area contributed by atoms with Gasteiger partial charge in [-0.15, -0.1) is 10.2 Å². The van der Waals surface area contributed by atoms with Gasteiger partial charge in [-0.25, -0.2) is 0 Å². The third-order valence-corrected chi connectivity index (χ3v) is 5.37. The average molecular weight is 352 g/mol. The molecule has 3 nitrogen and oxygen atoms in total. The Balaban J connectivity index is 1.92. The summed E-state index contributed by atoms with van der Waals surface area (Å²) in [6.45, 7) is 10.7. The van der Waals surface area contributed by atoms with Crippen molar-refractivity contribution in [1.82, 2.24) is 14.8 Å². The molecule has 3 aromatic rings. The van der Waals surface area contributed by atoms with Gasteiger partial charge >= 0.3 is 0 Å². The van der Waals surface area contributed by atoms with Gasteiger partial charge in [-0.05, 0) is 55.2 Å². The number of rotatable bonds is 5. The van der Waals surface area contributed by atoms with Gasteiger partial charge in [-0.1, -0.05) is 55.9 Å². The molecule has 0 fully saturated rings. The highest BCUT2D eigenvalue weighted by molar-refractivity contribution is 7.98. The monoisotopic (exact) mass is 351 g/mol. The molecule has 0 saturated heterocycles. The van der Waals surface area contributed by atoms with E-state index in [1.54, 1.807) is 11.8 Å². The van der Waals surface area contributed by atoms with Crippen LogP contribution in [0, 0.1) is 20.8 Å². The van der Waals surface area contributed by atoms with Gasteiger partial charge in [0, 0.05) is 17.4 Å². The van der Waals surface area contributed by atoms with E-state index < -0.39 is 0 Å².